The van der Waals surface area contributed by atoms with E-state index < -0.39 is 29.4 Å². The van der Waals surface area contributed by atoms with Gasteiger partial charge >= 0.3 is 6.03 Å². The van der Waals surface area contributed by atoms with Crippen molar-refractivity contribution in [1.29, 1.82) is 0 Å². The summed E-state index contributed by atoms with van der Waals surface area (Å²) in [5, 5.41) is 15.1. The molecule has 1 unspecified atom stereocenters. The van der Waals surface area contributed by atoms with Gasteiger partial charge in [-0.25, -0.2) is 4.79 Å². The smallest absolute Gasteiger partial charge is 0.325 e. The molecule has 1 atom stereocenters. The molecule has 0 radical (unpaired) electrons. The van der Waals surface area contributed by atoms with E-state index in [1.807, 2.05) is 0 Å². The zero-order valence-corrected chi connectivity index (χ0v) is 15.6. The molecule has 1 saturated heterocycles. The van der Waals surface area contributed by atoms with Crippen LogP contribution in [0.4, 0.5) is 4.79 Å². The van der Waals surface area contributed by atoms with E-state index in [2.05, 4.69) is 15.6 Å². The molecule has 27 heavy (non-hydrogen) atoms. The monoisotopic (exact) mass is 376 g/mol. The number of aliphatic hydroxyl groups is 1. The van der Waals surface area contributed by atoms with E-state index in [0.717, 1.165) is 10.5 Å². The molecule has 9 heteroatoms. The number of hydrogen-bond donors (Lipinski definition) is 3. The maximum atomic E-state index is 12.6. The molecule has 1 aliphatic heterocycles. The molecule has 9 nitrogen and oxygen atoms in total. The standard InChI is InChI=1S/C18H24N4O5/c1-18(2)16(25)22(17(26)21-18)9-14(24)20-15(10-4-12(23)5-10)11-6-13(27-3)8-19-7-11/h6-8,10,12,15,23H,4-5,9H2,1-3H3,(H,20,24)(H,21,26). The first-order valence-electron chi connectivity index (χ1n) is 8.81. The first kappa shape index (κ1) is 19.1. The van der Waals surface area contributed by atoms with Crippen molar-refractivity contribution in [2.45, 2.75) is 44.4 Å². The summed E-state index contributed by atoms with van der Waals surface area (Å²) in [6.45, 7) is 2.81. The van der Waals surface area contributed by atoms with Gasteiger partial charge < -0.3 is 20.5 Å². The van der Waals surface area contributed by atoms with Gasteiger partial charge in [0, 0.05) is 6.20 Å². The number of pyridine rings is 1. The molecule has 1 saturated carbocycles. The first-order valence-corrected chi connectivity index (χ1v) is 8.81. The lowest BCUT2D eigenvalue weighted by Gasteiger charge is -2.38. The summed E-state index contributed by atoms with van der Waals surface area (Å²) in [5.41, 5.74) is -0.275. The molecule has 3 rings (SSSR count). The lowest BCUT2D eigenvalue weighted by molar-refractivity contribution is -0.134. The zero-order chi connectivity index (χ0) is 19.8. The van der Waals surface area contributed by atoms with E-state index in [0.29, 0.717) is 18.6 Å². The Labute approximate surface area is 157 Å². The molecule has 1 aromatic heterocycles. The van der Waals surface area contributed by atoms with Crippen molar-refractivity contribution in [2.75, 3.05) is 13.7 Å². The largest absolute Gasteiger partial charge is 0.495 e. The number of amides is 4. The van der Waals surface area contributed by atoms with Crippen LogP contribution in [0.15, 0.2) is 18.5 Å². The highest BCUT2D eigenvalue weighted by Gasteiger charge is 2.45. The van der Waals surface area contributed by atoms with Crippen LogP contribution in [-0.4, -0.2) is 58.1 Å². The minimum atomic E-state index is -1.02. The van der Waals surface area contributed by atoms with Crippen molar-refractivity contribution in [2.24, 2.45) is 5.92 Å². The minimum absolute atomic E-state index is 0.0393. The molecule has 1 aromatic rings. The Morgan fingerprint density at radius 3 is 2.70 bits per heavy atom. The highest BCUT2D eigenvalue weighted by molar-refractivity contribution is 6.08. The Morgan fingerprint density at radius 2 is 2.15 bits per heavy atom. The van der Waals surface area contributed by atoms with Crippen LogP contribution in [0.1, 0.15) is 38.3 Å². The maximum absolute atomic E-state index is 12.6. The molecule has 1 aliphatic carbocycles. The summed E-state index contributed by atoms with van der Waals surface area (Å²) in [4.78, 5) is 41.8. The van der Waals surface area contributed by atoms with Crippen molar-refractivity contribution in [3.8, 4) is 5.75 Å². The molecule has 0 aromatic carbocycles. The lowest BCUT2D eigenvalue weighted by Crippen LogP contribution is -2.46. The van der Waals surface area contributed by atoms with E-state index in [-0.39, 0.29) is 18.6 Å². The second-order valence-electron chi connectivity index (χ2n) is 7.54. The predicted octanol–water partition coefficient (Wildman–Crippen LogP) is 0.349. The maximum Gasteiger partial charge on any atom is 0.325 e. The number of aromatic nitrogens is 1. The van der Waals surface area contributed by atoms with Gasteiger partial charge in [-0.15, -0.1) is 0 Å². The van der Waals surface area contributed by atoms with Crippen LogP contribution in [0.3, 0.4) is 0 Å². The SMILES string of the molecule is COc1cncc(C(NC(=O)CN2C(=O)NC(C)(C)C2=O)C2CC(O)C2)c1. The van der Waals surface area contributed by atoms with Gasteiger partial charge in [-0.1, -0.05) is 0 Å². The van der Waals surface area contributed by atoms with Gasteiger partial charge in [0.15, 0.2) is 0 Å². The van der Waals surface area contributed by atoms with Crippen LogP contribution in [-0.2, 0) is 9.59 Å². The third-order valence-electron chi connectivity index (χ3n) is 5.01. The molecule has 2 heterocycles. The molecule has 146 valence electrons. The summed E-state index contributed by atoms with van der Waals surface area (Å²) in [5.74, 6) is -0.299. The quantitative estimate of drug-likeness (QED) is 0.616. The number of aliphatic hydroxyl groups excluding tert-OH is 1. The summed E-state index contributed by atoms with van der Waals surface area (Å²) < 4.78 is 5.19. The number of imide groups is 1. The summed E-state index contributed by atoms with van der Waals surface area (Å²) in [6.07, 6.45) is 3.92. The summed E-state index contributed by atoms with van der Waals surface area (Å²) in [7, 11) is 1.53. The van der Waals surface area contributed by atoms with Crippen molar-refractivity contribution in [3.05, 3.63) is 24.0 Å². The number of urea groups is 1. The van der Waals surface area contributed by atoms with Crippen LogP contribution in [0, 0.1) is 5.92 Å². The Kier molecular flexibility index (Phi) is 5.05. The van der Waals surface area contributed by atoms with Gasteiger partial charge in [-0.05, 0) is 44.2 Å². The molecule has 0 bridgehead atoms. The lowest BCUT2D eigenvalue weighted by atomic mass is 9.75. The van der Waals surface area contributed by atoms with Gasteiger partial charge in [0.25, 0.3) is 5.91 Å². The number of hydrogen-bond acceptors (Lipinski definition) is 6. The van der Waals surface area contributed by atoms with E-state index in [4.69, 9.17) is 4.74 Å². The third-order valence-corrected chi connectivity index (χ3v) is 5.01. The molecule has 3 N–H and O–H groups in total. The first-order chi connectivity index (χ1) is 12.7. The van der Waals surface area contributed by atoms with Crippen molar-refractivity contribution in [1.82, 2.24) is 20.5 Å². The second kappa shape index (κ2) is 7.15. The van der Waals surface area contributed by atoms with E-state index in [9.17, 15) is 19.5 Å². The van der Waals surface area contributed by atoms with Crippen LogP contribution < -0.4 is 15.4 Å². The highest BCUT2D eigenvalue weighted by atomic mass is 16.5. The number of rotatable bonds is 6. The van der Waals surface area contributed by atoms with Gasteiger partial charge in [-0.3, -0.25) is 19.5 Å². The van der Waals surface area contributed by atoms with E-state index in [1.54, 1.807) is 32.3 Å². The fourth-order valence-electron chi connectivity index (χ4n) is 3.42. The van der Waals surface area contributed by atoms with Crippen LogP contribution in [0.2, 0.25) is 0 Å². The minimum Gasteiger partial charge on any atom is -0.495 e. The molecule has 0 spiro atoms. The summed E-state index contributed by atoms with van der Waals surface area (Å²) >= 11 is 0. The average Bonchev–Trinajstić information content (AvgIpc) is 2.79. The number of ether oxygens (including phenoxy) is 1. The molecular weight excluding hydrogens is 352 g/mol. The highest BCUT2D eigenvalue weighted by Crippen LogP contribution is 2.38. The van der Waals surface area contributed by atoms with Gasteiger partial charge in [-0.2, -0.15) is 0 Å². The summed E-state index contributed by atoms with van der Waals surface area (Å²) in [6, 6.07) is 0.801. The van der Waals surface area contributed by atoms with E-state index in [1.165, 1.54) is 7.11 Å². The fourth-order valence-corrected chi connectivity index (χ4v) is 3.42. The van der Waals surface area contributed by atoms with Crippen LogP contribution >= 0.6 is 0 Å². The van der Waals surface area contributed by atoms with Gasteiger partial charge in [0.2, 0.25) is 5.91 Å². The fraction of sp³-hybridized carbons (Fsp3) is 0.556. The van der Waals surface area contributed by atoms with E-state index >= 15 is 0 Å². The Bertz CT molecular complexity index is 760. The normalized spacial score (nSPS) is 24.8. The van der Waals surface area contributed by atoms with Crippen molar-refractivity contribution < 1.29 is 24.2 Å². The third kappa shape index (κ3) is 3.87. The number of carbonyl (C=O) groups excluding carboxylic acids is 3. The Morgan fingerprint density at radius 1 is 1.44 bits per heavy atom. The second-order valence-corrected chi connectivity index (χ2v) is 7.54. The molecule has 2 aliphatic rings. The molecule has 2 fully saturated rings. The van der Waals surface area contributed by atoms with Gasteiger partial charge in [0.1, 0.15) is 17.8 Å². The predicted molar refractivity (Wildman–Crippen MR) is 94.7 cm³/mol. The number of nitrogens with zero attached hydrogens (tertiary/aromatic N) is 2. The number of nitrogens with one attached hydrogen (secondary N) is 2. The molecular formula is C18H24N4O5. The Balaban J connectivity index is 1.73. The number of carbonyl (C=O) groups is 3. The van der Waals surface area contributed by atoms with Gasteiger partial charge in [0.05, 0.1) is 25.5 Å². The van der Waals surface area contributed by atoms with Crippen LogP contribution in [0.25, 0.3) is 0 Å². The molecule has 4 amide bonds. The zero-order valence-electron chi connectivity index (χ0n) is 15.6. The average molecular weight is 376 g/mol. The van der Waals surface area contributed by atoms with Crippen molar-refractivity contribution >= 4 is 17.8 Å². The van der Waals surface area contributed by atoms with Crippen molar-refractivity contribution in [3.63, 3.8) is 0 Å². The topological polar surface area (TPSA) is 121 Å². The van der Waals surface area contributed by atoms with Crippen LogP contribution in [0.5, 0.6) is 5.75 Å². The Hall–Kier alpha value is -2.68. The number of methoxy groups -OCH3 is 1.